The Balaban J connectivity index is 2.08. The van der Waals surface area contributed by atoms with E-state index in [4.69, 9.17) is 18.0 Å². The number of hydrogen-bond acceptors (Lipinski definition) is 3. The van der Waals surface area contributed by atoms with Crippen molar-refractivity contribution < 1.29 is 4.79 Å². The van der Waals surface area contributed by atoms with Gasteiger partial charge in [0.05, 0.1) is 5.69 Å². The third-order valence-electron chi connectivity index (χ3n) is 3.19. The molecule has 6 nitrogen and oxygen atoms in total. The molecule has 0 fully saturated rings. The van der Waals surface area contributed by atoms with E-state index < -0.39 is 5.91 Å². The van der Waals surface area contributed by atoms with Crippen LogP contribution in [0.5, 0.6) is 0 Å². The summed E-state index contributed by atoms with van der Waals surface area (Å²) in [7, 11) is 0. The third kappa shape index (κ3) is 3.82. The molecule has 0 radical (unpaired) electrons. The van der Waals surface area contributed by atoms with E-state index in [9.17, 15) is 4.79 Å². The van der Waals surface area contributed by atoms with Crippen molar-refractivity contribution in [3.63, 3.8) is 0 Å². The topological polar surface area (TPSA) is 85.0 Å². The average molecular weight is 317 g/mol. The molecule has 0 aliphatic heterocycles. The molecule has 0 atom stereocenters. The van der Waals surface area contributed by atoms with Crippen molar-refractivity contribution in [3.05, 3.63) is 41.7 Å². The highest BCUT2D eigenvalue weighted by Crippen LogP contribution is 2.15. The zero-order chi connectivity index (χ0) is 16.1. The number of carbonyl (C=O) groups excluding carboxylic acids is 1. The molecule has 2 aromatic rings. The number of thiocarbonyl (C=S) groups is 1. The second-order valence-electron chi connectivity index (χ2n) is 4.74. The van der Waals surface area contributed by atoms with Crippen LogP contribution >= 0.6 is 12.2 Å². The fourth-order valence-electron chi connectivity index (χ4n) is 1.97. The molecule has 0 spiro atoms. The lowest BCUT2D eigenvalue weighted by atomic mass is 10.1. The Hall–Kier alpha value is -2.41. The Morgan fingerprint density at radius 2 is 1.95 bits per heavy atom. The molecule has 0 bridgehead atoms. The van der Waals surface area contributed by atoms with Crippen LogP contribution in [-0.2, 0) is 13.0 Å². The summed E-state index contributed by atoms with van der Waals surface area (Å²) in [4.78, 5) is 11.4. The van der Waals surface area contributed by atoms with Crippen LogP contribution in [0.3, 0.4) is 0 Å². The van der Waals surface area contributed by atoms with Crippen molar-refractivity contribution in [2.45, 2.75) is 26.8 Å². The van der Waals surface area contributed by atoms with Gasteiger partial charge in [0, 0.05) is 18.4 Å². The van der Waals surface area contributed by atoms with Gasteiger partial charge in [-0.05, 0) is 43.3 Å². The van der Waals surface area contributed by atoms with Gasteiger partial charge in [0.15, 0.2) is 10.8 Å². The number of carbonyl (C=O) groups is 1. The van der Waals surface area contributed by atoms with E-state index in [0.717, 1.165) is 12.1 Å². The van der Waals surface area contributed by atoms with E-state index >= 15 is 0 Å². The van der Waals surface area contributed by atoms with Crippen LogP contribution in [-0.4, -0.2) is 20.8 Å². The third-order valence-corrected chi connectivity index (χ3v) is 3.39. The molecule has 7 heteroatoms. The van der Waals surface area contributed by atoms with Gasteiger partial charge in [-0.2, -0.15) is 5.10 Å². The maximum atomic E-state index is 11.4. The van der Waals surface area contributed by atoms with Gasteiger partial charge in [0.2, 0.25) is 0 Å². The number of nitrogens with one attached hydrogen (secondary N) is 2. The van der Waals surface area contributed by atoms with Gasteiger partial charge in [0.25, 0.3) is 5.91 Å². The maximum Gasteiger partial charge on any atom is 0.271 e. The first-order valence-electron chi connectivity index (χ1n) is 7.07. The SMILES string of the molecule is CCc1ccc(NC(=S)Nc2cn(CC)nc2C(N)=O)cc1. The quantitative estimate of drug-likeness (QED) is 0.737. The molecule has 1 aromatic carbocycles. The Kier molecular flexibility index (Phi) is 5.11. The Morgan fingerprint density at radius 1 is 1.27 bits per heavy atom. The second-order valence-corrected chi connectivity index (χ2v) is 5.15. The molecule has 4 N–H and O–H groups in total. The first-order chi connectivity index (χ1) is 10.5. The number of aromatic nitrogens is 2. The molecular weight excluding hydrogens is 298 g/mol. The van der Waals surface area contributed by atoms with Crippen molar-refractivity contribution >= 4 is 34.6 Å². The predicted molar refractivity (Wildman–Crippen MR) is 92.1 cm³/mol. The molecule has 1 amide bonds. The minimum Gasteiger partial charge on any atom is -0.364 e. The first-order valence-corrected chi connectivity index (χ1v) is 7.48. The van der Waals surface area contributed by atoms with Crippen molar-refractivity contribution in [2.24, 2.45) is 5.73 Å². The number of aryl methyl sites for hydroxylation is 2. The number of hydrogen-bond donors (Lipinski definition) is 3. The molecule has 2 rings (SSSR count). The molecule has 0 aliphatic carbocycles. The molecule has 1 aromatic heterocycles. The highest BCUT2D eigenvalue weighted by atomic mass is 32.1. The van der Waals surface area contributed by atoms with Gasteiger partial charge < -0.3 is 16.4 Å². The lowest BCUT2D eigenvalue weighted by molar-refractivity contribution is 0.0995. The van der Waals surface area contributed by atoms with Crippen molar-refractivity contribution in [1.29, 1.82) is 0 Å². The van der Waals surface area contributed by atoms with E-state index in [1.165, 1.54) is 5.56 Å². The monoisotopic (exact) mass is 317 g/mol. The van der Waals surface area contributed by atoms with Crippen molar-refractivity contribution in [2.75, 3.05) is 10.6 Å². The van der Waals surface area contributed by atoms with Crippen LogP contribution in [0.1, 0.15) is 29.9 Å². The summed E-state index contributed by atoms with van der Waals surface area (Å²) in [5.41, 5.74) is 8.12. The van der Waals surface area contributed by atoms with Crippen LogP contribution in [0.2, 0.25) is 0 Å². The predicted octanol–water partition coefficient (Wildman–Crippen LogP) is 2.37. The summed E-state index contributed by atoms with van der Waals surface area (Å²) in [6, 6.07) is 7.98. The van der Waals surface area contributed by atoms with E-state index in [-0.39, 0.29) is 5.69 Å². The number of nitrogens with two attached hydrogens (primary N) is 1. The number of benzene rings is 1. The zero-order valence-electron chi connectivity index (χ0n) is 12.6. The van der Waals surface area contributed by atoms with Gasteiger partial charge in [-0.25, -0.2) is 0 Å². The Labute approximate surface area is 134 Å². The standard InChI is InChI=1S/C15H19N5OS/c1-3-10-5-7-11(8-6-10)17-15(22)18-12-9-20(4-2)19-13(12)14(16)21/h5-9H,3-4H2,1-2H3,(H2,16,21)(H2,17,18,22). The Morgan fingerprint density at radius 3 is 2.50 bits per heavy atom. The summed E-state index contributed by atoms with van der Waals surface area (Å²) in [5, 5.41) is 10.5. The van der Waals surface area contributed by atoms with Gasteiger partial charge in [-0.15, -0.1) is 0 Å². The lowest BCUT2D eigenvalue weighted by Gasteiger charge is -2.10. The molecular formula is C15H19N5OS. The molecule has 116 valence electrons. The highest BCUT2D eigenvalue weighted by molar-refractivity contribution is 7.80. The smallest absolute Gasteiger partial charge is 0.271 e. The maximum absolute atomic E-state index is 11.4. The van der Waals surface area contributed by atoms with E-state index in [0.29, 0.717) is 17.3 Å². The lowest BCUT2D eigenvalue weighted by Crippen LogP contribution is -2.21. The number of anilines is 2. The summed E-state index contributed by atoms with van der Waals surface area (Å²) in [6.45, 7) is 4.67. The average Bonchev–Trinajstić information content (AvgIpc) is 2.91. The number of nitrogens with zero attached hydrogens (tertiary/aromatic N) is 2. The van der Waals surface area contributed by atoms with E-state index in [1.54, 1.807) is 10.9 Å². The van der Waals surface area contributed by atoms with Gasteiger partial charge >= 0.3 is 0 Å². The van der Waals surface area contributed by atoms with Crippen LogP contribution in [0.4, 0.5) is 11.4 Å². The van der Waals surface area contributed by atoms with Crippen LogP contribution in [0.25, 0.3) is 0 Å². The summed E-state index contributed by atoms with van der Waals surface area (Å²) in [5.74, 6) is -0.593. The minimum atomic E-state index is -0.593. The van der Waals surface area contributed by atoms with Gasteiger partial charge in [-0.3, -0.25) is 9.48 Å². The number of amides is 1. The molecule has 22 heavy (non-hydrogen) atoms. The fourth-order valence-corrected chi connectivity index (χ4v) is 2.19. The van der Waals surface area contributed by atoms with Crippen molar-refractivity contribution in [1.82, 2.24) is 9.78 Å². The highest BCUT2D eigenvalue weighted by Gasteiger charge is 2.14. The molecule has 0 aliphatic rings. The number of primary amides is 1. The van der Waals surface area contributed by atoms with Crippen LogP contribution in [0.15, 0.2) is 30.5 Å². The summed E-state index contributed by atoms with van der Waals surface area (Å²) in [6.07, 6.45) is 2.69. The summed E-state index contributed by atoms with van der Waals surface area (Å²) >= 11 is 5.26. The molecule has 1 heterocycles. The molecule has 0 saturated carbocycles. The van der Waals surface area contributed by atoms with Crippen LogP contribution < -0.4 is 16.4 Å². The molecule has 0 saturated heterocycles. The van der Waals surface area contributed by atoms with Crippen LogP contribution in [0, 0.1) is 0 Å². The largest absolute Gasteiger partial charge is 0.364 e. The normalized spacial score (nSPS) is 10.3. The van der Waals surface area contributed by atoms with E-state index in [1.807, 2.05) is 31.2 Å². The van der Waals surface area contributed by atoms with Gasteiger partial charge in [0.1, 0.15) is 0 Å². The first kappa shape index (κ1) is 16.0. The second kappa shape index (κ2) is 7.04. The fraction of sp³-hybridized carbons (Fsp3) is 0.267. The number of rotatable bonds is 5. The minimum absolute atomic E-state index is 0.173. The van der Waals surface area contributed by atoms with Gasteiger partial charge in [-0.1, -0.05) is 19.1 Å². The van der Waals surface area contributed by atoms with E-state index in [2.05, 4.69) is 22.7 Å². The summed E-state index contributed by atoms with van der Waals surface area (Å²) < 4.78 is 1.63. The molecule has 0 unspecified atom stereocenters. The van der Waals surface area contributed by atoms with Crippen molar-refractivity contribution in [3.8, 4) is 0 Å². The Bertz CT molecular complexity index is 678. The zero-order valence-corrected chi connectivity index (χ0v) is 13.4.